The Morgan fingerprint density at radius 3 is 2.47 bits per heavy atom. The molecule has 0 unspecified atom stereocenters. The molecule has 1 aromatic rings. The van der Waals surface area contributed by atoms with E-state index in [1.54, 1.807) is 0 Å². The smallest absolute Gasteiger partial charge is 0.243 e. The Morgan fingerprint density at radius 2 is 1.95 bits per heavy atom. The van der Waals surface area contributed by atoms with Gasteiger partial charge in [-0.1, -0.05) is 31.5 Å². The van der Waals surface area contributed by atoms with Crippen LogP contribution in [0, 0.1) is 5.82 Å². The lowest BCUT2D eigenvalue weighted by Crippen LogP contribution is -2.49. The summed E-state index contributed by atoms with van der Waals surface area (Å²) in [5.74, 6) is -0.952. The second-order valence-corrected chi connectivity index (χ2v) is 6.59. The third-order valence-corrected chi connectivity index (χ3v) is 4.94. The SMILES string of the molecule is CCC(N)(CC)CNS(=O)(=O)c1cccc(Cl)c1F. The van der Waals surface area contributed by atoms with E-state index < -0.39 is 26.3 Å². The molecule has 0 bridgehead atoms. The quantitative estimate of drug-likeness (QED) is 0.847. The van der Waals surface area contributed by atoms with Crippen LogP contribution in [0.25, 0.3) is 0 Å². The zero-order chi connectivity index (χ0) is 14.7. The molecule has 0 aromatic heterocycles. The zero-order valence-corrected chi connectivity index (χ0v) is 12.5. The second-order valence-electron chi connectivity index (χ2n) is 4.45. The van der Waals surface area contributed by atoms with Crippen LogP contribution in [0.15, 0.2) is 23.1 Å². The number of nitrogens with two attached hydrogens (primary N) is 1. The summed E-state index contributed by atoms with van der Waals surface area (Å²) in [6.45, 7) is 3.80. The third-order valence-electron chi connectivity index (χ3n) is 3.23. The first-order valence-electron chi connectivity index (χ1n) is 5.98. The molecule has 3 N–H and O–H groups in total. The Hall–Kier alpha value is -0.690. The summed E-state index contributed by atoms with van der Waals surface area (Å²) < 4.78 is 40.1. The van der Waals surface area contributed by atoms with Crippen molar-refractivity contribution in [1.29, 1.82) is 0 Å². The molecule has 0 spiro atoms. The van der Waals surface area contributed by atoms with Crippen LogP contribution >= 0.6 is 11.6 Å². The summed E-state index contributed by atoms with van der Waals surface area (Å²) in [5, 5.41) is -0.229. The van der Waals surface area contributed by atoms with E-state index in [1.807, 2.05) is 13.8 Å². The maximum absolute atomic E-state index is 13.7. The largest absolute Gasteiger partial charge is 0.324 e. The fourth-order valence-electron chi connectivity index (χ4n) is 1.51. The van der Waals surface area contributed by atoms with E-state index >= 15 is 0 Å². The third kappa shape index (κ3) is 3.89. The first kappa shape index (κ1) is 16.4. The summed E-state index contributed by atoms with van der Waals surface area (Å²) >= 11 is 5.57. The molecule has 0 aliphatic carbocycles. The Bertz CT molecular complexity index is 545. The molecule has 0 aliphatic rings. The fraction of sp³-hybridized carbons (Fsp3) is 0.500. The average molecular weight is 309 g/mol. The molecule has 0 saturated heterocycles. The Morgan fingerprint density at radius 1 is 1.37 bits per heavy atom. The van der Waals surface area contributed by atoms with Crippen LogP contribution in [-0.4, -0.2) is 20.5 Å². The second kappa shape index (κ2) is 6.17. The number of hydrogen-bond donors (Lipinski definition) is 2. The van der Waals surface area contributed by atoms with E-state index in [2.05, 4.69) is 4.72 Å². The predicted octanol–water partition coefficient (Wildman–Crippen LogP) is 2.27. The Balaban J connectivity index is 2.97. The van der Waals surface area contributed by atoms with Crippen molar-refractivity contribution in [3.63, 3.8) is 0 Å². The highest BCUT2D eigenvalue weighted by Crippen LogP contribution is 2.22. The van der Waals surface area contributed by atoms with Crippen LogP contribution < -0.4 is 10.5 Å². The lowest BCUT2D eigenvalue weighted by atomic mass is 9.95. The Kier molecular flexibility index (Phi) is 5.32. The van der Waals surface area contributed by atoms with Crippen LogP contribution in [0.3, 0.4) is 0 Å². The van der Waals surface area contributed by atoms with Crippen molar-refractivity contribution in [3.05, 3.63) is 29.0 Å². The molecule has 0 heterocycles. The van der Waals surface area contributed by atoms with Gasteiger partial charge in [-0.25, -0.2) is 17.5 Å². The highest BCUT2D eigenvalue weighted by molar-refractivity contribution is 7.89. The number of sulfonamides is 1. The summed E-state index contributed by atoms with van der Waals surface area (Å²) in [5.41, 5.74) is 5.37. The van der Waals surface area contributed by atoms with Gasteiger partial charge < -0.3 is 5.73 Å². The van der Waals surface area contributed by atoms with Gasteiger partial charge in [-0.2, -0.15) is 0 Å². The lowest BCUT2D eigenvalue weighted by Gasteiger charge is -2.26. The molecule has 0 saturated carbocycles. The molecule has 1 rings (SSSR count). The molecule has 0 fully saturated rings. The van der Waals surface area contributed by atoms with Crippen LogP contribution in [0.2, 0.25) is 5.02 Å². The van der Waals surface area contributed by atoms with Crippen LogP contribution in [0.5, 0.6) is 0 Å². The van der Waals surface area contributed by atoms with Crippen LogP contribution in [-0.2, 0) is 10.0 Å². The minimum Gasteiger partial charge on any atom is -0.324 e. The molecule has 108 valence electrons. The first-order valence-corrected chi connectivity index (χ1v) is 7.84. The lowest BCUT2D eigenvalue weighted by molar-refractivity contribution is 0.391. The van der Waals surface area contributed by atoms with Gasteiger partial charge in [0.25, 0.3) is 0 Å². The van der Waals surface area contributed by atoms with Crippen LogP contribution in [0.4, 0.5) is 4.39 Å². The molecule has 0 radical (unpaired) electrons. The van der Waals surface area contributed by atoms with Gasteiger partial charge in [0.05, 0.1) is 5.02 Å². The van der Waals surface area contributed by atoms with Crippen molar-refractivity contribution in [3.8, 4) is 0 Å². The fourth-order valence-corrected chi connectivity index (χ4v) is 2.98. The van der Waals surface area contributed by atoms with Gasteiger partial charge in [0.1, 0.15) is 4.90 Å². The number of benzene rings is 1. The minimum absolute atomic E-state index is 0.0499. The normalized spacial score (nSPS) is 12.7. The summed E-state index contributed by atoms with van der Waals surface area (Å²) in [7, 11) is -3.96. The van der Waals surface area contributed by atoms with Crippen molar-refractivity contribution >= 4 is 21.6 Å². The summed E-state index contributed by atoms with van der Waals surface area (Å²) in [4.78, 5) is -0.463. The first-order chi connectivity index (χ1) is 8.75. The topological polar surface area (TPSA) is 72.2 Å². The summed E-state index contributed by atoms with van der Waals surface area (Å²) in [6, 6.07) is 3.84. The van der Waals surface area contributed by atoms with Gasteiger partial charge in [-0.3, -0.25) is 0 Å². The summed E-state index contributed by atoms with van der Waals surface area (Å²) in [6.07, 6.45) is 1.23. The monoisotopic (exact) mass is 308 g/mol. The van der Waals surface area contributed by atoms with E-state index in [1.165, 1.54) is 18.2 Å². The van der Waals surface area contributed by atoms with Gasteiger partial charge in [0.15, 0.2) is 5.82 Å². The van der Waals surface area contributed by atoms with Gasteiger partial charge in [-0.05, 0) is 25.0 Å². The van der Waals surface area contributed by atoms with Crippen LogP contribution in [0.1, 0.15) is 26.7 Å². The predicted molar refractivity (Wildman–Crippen MR) is 74.1 cm³/mol. The molecule has 0 aliphatic heterocycles. The molecular weight excluding hydrogens is 291 g/mol. The van der Waals surface area contributed by atoms with Crippen molar-refractivity contribution in [1.82, 2.24) is 4.72 Å². The maximum Gasteiger partial charge on any atom is 0.243 e. The zero-order valence-electron chi connectivity index (χ0n) is 10.9. The standard InChI is InChI=1S/C12H18ClFN2O2S/c1-3-12(15,4-2)8-16-19(17,18)10-7-5-6-9(13)11(10)14/h5-7,16H,3-4,8,15H2,1-2H3. The molecule has 0 atom stereocenters. The number of nitrogens with one attached hydrogen (secondary N) is 1. The van der Waals surface area contributed by atoms with Crippen molar-refractivity contribution in [2.45, 2.75) is 37.1 Å². The van der Waals surface area contributed by atoms with Gasteiger partial charge in [0, 0.05) is 12.1 Å². The van der Waals surface area contributed by atoms with Crippen molar-refractivity contribution in [2.75, 3.05) is 6.54 Å². The minimum atomic E-state index is -3.96. The van der Waals surface area contributed by atoms with Gasteiger partial charge >= 0.3 is 0 Å². The van der Waals surface area contributed by atoms with E-state index in [0.717, 1.165) is 0 Å². The molecular formula is C12H18ClFN2O2S. The molecule has 4 nitrogen and oxygen atoms in total. The van der Waals surface area contributed by atoms with E-state index in [0.29, 0.717) is 12.8 Å². The molecule has 7 heteroatoms. The van der Waals surface area contributed by atoms with Gasteiger partial charge in [-0.15, -0.1) is 0 Å². The average Bonchev–Trinajstić information content (AvgIpc) is 2.39. The van der Waals surface area contributed by atoms with Crippen molar-refractivity contribution in [2.24, 2.45) is 5.73 Å². The van der Waals surface area contributed by atoms with E-state index in [4.69, 9.17) is 17.3 Å². The highest BCUT2D eigenvalue weighted by atomic mass is 35.5. The van der Waals surface area contributed by atoms with Gasteiger partial charge in [0.2, 0.25) is 10.0 Å². The number of halogens is 2. The molecule has 1 aromatic carbocycles. The van der Waals surface area contributed by atoms with E-state index in [9.17, 15) is 12.8 Å². The maximum atomic E-state index is 13.7. The number of hydrogen-bond acceptors (Lipinski definition) is 3. The molecule has 19 heavy (non-hydrogen) atoms. The van der Waals surface area contributed by atoms with Crippen molar-refractivity contribution < 1.29 is 12.8 Å². The number of rotatable bonds is 6. The highest BCUT2D eigenvalue weighted by Gasteiger charge is 2.26. The molecule has 0 amide bonds. The van der Waals surface area contributed by atoms with E-state index in [-0.39, 0.29) is 11.6 Å². The Labute approximate surface area is 118 Å².